The number of para-hydroxylation sites is 1. The van der Waals surface area contributed by atoms with Crippen LogP contribution in [-0.4, -0.2) is 31.2 Å². The first-order chi connectivity index (χ1) is 12.3. The lowest BCUT2D eigenvalue weighted by atomic mass is 10.2. The van der Waals surface area contributed by atoms with Gasteiger partial charge in [0.25, 0.3) is 0 Å². The summed E-state index contributed by atoms with van der Waals surface area (Å²) in [5.74, 6) is 2.25. The van der Waals surface area contributed by atoms with Crippen LogP contribution in [0.4, 0.5) is 0 Å². The van der Waals surface area contributed by atoms with Gasteiger partial charge in [0.1, 0.15) is 5.75 Å². The van der Waals surface area contributed by atoms with E-state index in [9.17, 15) is 0 Å². The zero-order chi connectivity index (χ0) is 17.9. The lowest BCUT2D eigenvalue weighted by Crippen LogP contribution is -2.36. The summed E-state index contributed by atoms with van der Waals surface area (Å²) in [4.78, 5) is 8.80. The van der Waals surface area contributed by atoms with Crippen LogP contribution in [0.2, 0.25) is 0 Å². The fourth-order valence-corrected chi connectivity index (χ4v) is 2.26. The molecule has 2 aromatic rings. The molecule has 0 aliphatic rings. The topological polar surface area (TPSA) is 67.8 Å². The van der Waals surface area contributed by atoms with E-state index in [4.69, 9.17) is 9.47 Å². The van der Waals surface area contributed by atoms with Crippen LogP contribution in [0.15, 0.2) is 47.6 Å². The molecular formula is C19H26N4O2. The summed E-state index contributed by atoms with van der Waals surface area (Å²) in [6.07, 6.45) is 1.77. The number of pyridine rings is 1. The number of nitrogens with zero attached hydrogens (tertiary/aromatic N) is 2. The van der Waals surface area contributed by atoms with Crippen LogP contribution in [0.5, 0.6) is 11.6 Å². The average Bonchev–Trinajstić information content (AvgIpc) is 2.65. The molecule has 0 aliphatic heterocycles. The Morgan fingerprint density at radius 2 is 1.96 bits per heavy atom. The molecule has 6 heteroatoms. The highest BCUT2D eigenvalue weighted by Gasteiger charge is 2.04. The zero-order valence-electron chi connectivity index (χ0n) is 15.1. The summed E-state index contributed by atoms with van der Waals surface area (Å²) < 4.78 is 10.7. The van der Waals surface area contributed by atoms with E-state index < -0.39 is 0 Å². The summed E-state index contributed by atoms with van der Waals surface area (Å²) in [6, 6.07) is 11.8. The summed E-state index contributed by atoms with van der Waals surface area (Å²) in [5.41, 5.74) is 2.12. The molecule has 0 radical (unpaired) electrons. The first-order valence-electron chi connectivity index (χ1n) is 8.48. The van der Waals surface area contributed by atoms with Gasteiger partial charge in [0.05, 0.1) is 20.3 Å². The largest absolute Gasteiger partial charge is 0.494 e. The second kappa shape index (κ2) is 10.2. The minimum absolute atomic E-state index is 0.541. The fraction of sp³-hybridized carbons (Fsp3) is 0.368. The van der Waals surface area contributed by atoms with Gasteiger partial charge in [-0.3, -0.25) is 0 Å². The molecule has 0 amide bonds. The molecule has 1 aromatic carbocycles. The van der Waals surface area contributed by atoms with Crippen LogP contribution < -0.4 is 20.1 Å². The van der Waals surface area contributed by atoms with Crippen LogP contribution in [0.25, 0.3) is 0 Å². The maximum Gasteiger partial charge on any atom is 0.212 e. The molecule has 0 atom stereocenters. The Balaban J connectivity index is 1.99. The quantitative estimate of drug-likeness (QED) is 0.570. The molecule has 1 heterocycles. The van der Waals surface area contributed by atoms with Crippen molar-refractivity contribution in [3.8, 4) is 11.6 Å². The van der Waals surface area contributed by atoms with E-state index in [2.05, 4.69) is 26.7 Å². The Kier molecular flexibility index (Phi) is 7.56. The van der Waals surface area contributed by atoms with Gasteiger partial charge in [-0.2, -0.15) is 0 Å². The van der Waals surface area contributed by atoms with Crippen molar-refractivity contribution >= 4 is 5.96 Å². The second-order valence-electron chi connectivity index (χ2n) is 5.30. The van der Waals surface area contributed by atoms with Gasteiger partial charge in [0, 0.05) is 30.9 Å². The highest BCUT2D eigenvalue weighted by atomic mass is 16.5. The van der Waals surface area contributed by atoms with Crippen molar-refractivity contribution in [2.24, 2.45) is 4.99 Å². The molecule has 134 valence electrons. The van der Waals surface area contributed by atoms with Gasteiger partial charge in [0.2, 0.25) is 5.88 Å². The molecule has 0 fully saturated rings. The molecule has 0 bridgehead atoms. The smallest absolute Gasteiger partial charge is 0.212 e. The van der Waals surface area contributed by atoms with Gasteiger partial charge in [-0.1, -0.05) is 24.3 Å². The molecular weight excluding hydrogens is 316 g/mol. The number of hydrogen-bond donors (Lipinski definition) is 2. The molecule has 2 N–H and O–H groups in total. The Bertz CT molecular complexity index is 671. The predicted molar refractivity (Wildman–Crippen MR) is 100 cm³/mol. The van der Waals surface area contributed by atoms with E-state index in [1.54, 1.807) is 13.3 Å². The van der Waals surface area contributed by atoms with Crippen LogP contribution in [0.3, 0.4) is 0 Å². The standard InChI is InChI=1S/C19H26N4O2/c1-4-20-19(22-13-15-10-11-18(24-3)21-12-15)23-14-16-8-6-7-9-17(16)25-5-2/h6-12H,4-5,13-14H2,1-3H3,(H2,20,22,23). The molecule has 0 saturated carbocycles. The van der Waals surface area contributed by atoms with Crippen molar-refractivity contribution < 1.29 is 9.47 Å². The fourth-order valence-electron chi connectivity index (χ4n) is 2.26. The Labute approximate surface area is 149 Å². The zero-order valence-corrected chi connectivity index (χ0v) is 15.1. The number of hydrogen-bond acceptors (Lipinski definition) is 4. The summed E-state index contributed by atoms with van der Waals surface area (Å²) in [5, 5.41) is 6.59. The molecule has 0 saturated heterocycles. The van der Waals surface area contributed by atoms with Gasteiger partial charge in [-0.15, -0.1) is 0 Å². The van der Waals surface area contributed by atoms with Crippen molar-refractivity contribution in [2.75, 3.05) is 20.3 Å². The van der Waals surface area contributed by atoms with Gasteiger partial charge >= 0.3 is 0 Å². The highest BCUT2D eigenvalue weighted by Crippen LogP contribution is 2.17. The Morgan fingerprint density at radius 3 is 2.64 bits per heavy atom. The number of aliphatic imine (C=N–C) groups is 1. The van der Waals surface area contributed by atoms with Crippen LogP contribution in [0.1, 0.15) is 25.0 Å². The number of benzene rings is 1. The van der Waals surface area contributed by atoms with Crippen LogP contribution in [-0.2, 0) is 13.1 Å². The molecule has 2 rings (SSSR count). The van der Waals surface area contributed by atoms with Crippen molar-refractivity contribution in [3.63, 3.8) is 0 Å². The molecule has 25 heavy (non-hydrogen) atoms. The number of methoxy groups -OCH3 is 1. The van der Waals surface area contributed by atoms with E-state index in [-0.39, 0.29) is 0 Å². The monoisotopic (exact) mass is 342 g/mol. The normalized spacial score (nSPS) is 11.1. The van der Waals surface area contributed by atoms with E-state index in [1.807, 2.05) is 44.2 Å². The molecule has 6 nitrogen and oxygen atoms in total. The molecule has 0 spiro atoms. The third-order valence-electron chi connectivity index (χ3n) is 3.49. The number of ether oxygens (including phenoxy) is 2. The van der Waals surface area contributed by atoms with Crippen molar-refractivity contribution in [1.29, 1.82) is 0 Å². The molecule has 0 unspecified atom stereocenters. The van der Waals surface area contributed by atoms with Crippen LogP contribution >= 0.6 is 0 Å². The third-order valence-corrected chi connectivity index (χ3v) is 3.49. The minimum atomic E-state index is 0.541. The molecule has 0 aliphatic carbocycles. The molecule has 1 aromatic heterocycles. The number of nitrogens with one attached hydrogen (secondary N) is 2. The maximum absolute atomic E-state index is 5.66. The summed E-state index contributed by atoms with van der Waals surface area (Å²) in [6.45, 7) is 6.65. The van der Waals surface area contributed by atoms with E-state index in [1.165, 1.54) is 0 Å². The Hall–Kier alpha value is -2.76. The lowest BCUT2D eigenvalue weighted by molar-refractivity contribution is 0.336. The van der Waals surface area contributed by atoms with Gasteiger partial charge in [0.15, 0.2) is 5.96 Å². The van der Waals surface area contributed by atoms with E-state index in [0.717, 1.165) is 29.4 Å². The first-order valence-corrected chi connectivity index (χ1v) is 8.48. The number of rotatable bonds is 8. The van der Waals surface area contributed by atoms with Gasteiger partial charge in [-0.25, -0.2) is 9.98 Å². The minimum Gasteiger partial charge on any atom is -0.494 e. The SMILES string of the molecule is CCNC(=NCc1ccc(OC)nc1)NCc1ccccc1OCC. The van der Waals surface area contributed by atoms with Crippen molar-refractivity contribution in [2.45, 2.75) is 26.9 Å². The number of aromatic nitrogens is 1. The summed E-state index contributed by atoms with van der Waals surface area (Å²) >= 11 is 0. The average molecular weight is 342 g/mol. The Morgan fingerprint density at radius 1 is 1.12 bits per heavy atom. The van der Waals surface area contributed by atoms with Crippen molar-refractivity contribution in [3.05, 3.63) is 53.7 Å². The van der Waals surface area contributed by atoms with Crippen molar-refractivity contribution in [1.82, 2.24) is 15.6 Å². The second-order valence-corrected chi connectivity index (χ2v) is 5.30. The first kappa shape index (κ1) is 18.6. The highest BCUT2D eigenvalue weighted by molar-refractivity contribution is 5.79. The lowest BCUT2D eigenvalue weighted by Gasteiger charge is -2.14. The van der Waals surface area contributed by atoms with E-state index >= 15 is 0 Å². The van der Waals surface area contributed by atoms with Gasteiger partial charge < -0.3 is 20.1 Å². The van der Waals surface area contributed by atoms with E-state index in [0.29, 0.717) is 25.6 Å². The maximum atomic E-state index is 5.66. The summed E-state index contributed by atoms with van der Waals surface area (Å²) in [7, 11) is 1.60. The van der Waals surface area contributed by atoms with Gasteiger partial charge in [-0.05, 0) is 25.5 Å². The van der Waals surface area contributed by atoms with Crippen LogP contribution in [0, 0.1) is 0 Å². The predicted octanol–water partition coefficient (Wildman–Crippen LogP) is 2.74. The third kappa shape index (κ3) is 5.99. The number of guanidine groups is 1.